The lowest BCUT2D eigenvalue weighted by atomic mass is 10.4. The van der Waals surface area contributed by atoms with Gasteiger partial charge >= 0.3 is 0 Å². The van der Waals surface area contributed by atoms with E-state index in [0.717, 1.165) is 10.3 Å². The minimum Gasteiger partial charge on any atom is -0.366 e. The van der Waals surface area contributed by atoms with Crippen LogP contribution in [0.15, 0.2) is 29.4 Å². The van der Waals surface area contributed by atoms with Crippen molar-refractivity contribution in [2.24, 2.45) is 0 Å². The Hall–Kier alpha value is -0.540. The Balaban J connectivity index is 2.78. The van der Waals surface area contributed by atoms with Gasteiger partial charge < -0.3 is 5.32 Å². The largest absolute Gasteiger partial charge is 0.366 e. The van der Waals surface area contributed by atoms with Gasteiger partial charge in [-0.05, 0) is 22.0 Å². The van der Waals surface area contributed by atoms with Crippen LogP contribution in [0.4, 0.5) is 5.82 Å². The Morgan fingerprint density at radius 3 is 3.08 bits per heavy atom. The molecule has 0 aliphatic heterocycles. The van der Waals surface area contributed by atoms with Gasteiger partial charge in [-0.2, -0.15) is 0 Å². The molecule has 0 atom stereocenters. The minimum absolute atomic E-state index is 0.617. The molecule has 1 N–H and O–H groups in total. The highest BCUT2D eigenvalue weighted by Crippen LogP contribution is 2.22. The smallest absolute Gasteiger partial charge is 0.140 e. The standard InChI is InChI=1S/C8H8BrClN2/c1-2-3-11-8-7(9)4-6(10)5-12-8/h2,4-5H,1,3H2,(H,11,12). The number of nitrogens with zero attached hydrogens (tertiary/aromatic N) is 1. The van der Waals surface area contributed by atoms with Crippen LogP contribution in [0.1, 0.15) is 0 Å². The average molecular weight is 248 g/mol. The molecule has 1 rings (SSSR count). The third kappa shape index (κ3) is 2.50. The first-order valence-corrected chi connectivity index (χ1v) is 4.57. The maximum absolute atomic E-state index is 5.71. The average Bonchev–Trinajstić information content (AvgIpc) is 2.03. The van der Waals surface area contributed by atoms with Gasteiger partial charge in [-0.1, -0.05) is 17.7 Å². The number of rotatable bonds is 3. The molecule has 0 amide bonds. The van der Waals surface area contributed by atoms with Crippen molar-refractivity contribution in [1.29, 1.82) is 0 Å². The van der Waals surface area contributed by atoms with Crippen LogP contribution in [0.25, 0.3) is 0 Å². The summed E-state index contributed by atoms with van der Waals surface area (Å²) in [6.45, 7) is 4.28. The predicted molar refractivity (Wildman–Crippen MR) is 55.6 cm³/mol. The number of pyridine rings is 1. The zero-order valence-electron chi connectivity index (χ0n) is 6.35. The molecule has 1 aromatic heterocycles. The first-order valence-electron chi connectivity index (χ1n) is 3.40. The van der Waals surface area contributed by atoms with Crippen molar-refractivity contribution in [3.8, 4) is 0 Å². The number of nitrogens with one attached hydrogen (secondary N) is 1. The van der Waals surface area contributed by atoms with E-state index in [9.17, 15) is 0 Å². The fourth-order valence-electron chi connectivity index (χ4n) is 0.713. The van der Waals surface area contributed by atoms with Crippen LogP contribution >= 0.6 is 27.5 Å². The van der Waals surface area contributed by atoms with Crippen molar-refractivity contribution >= 4 is 33.3 Å². The quantitative estimate of drug-likeness (QED) is 0.830. The van der Waals surface area contributed by atoms with Gasteiger partial charge in [-0.25, -0.2) is 4.98 Å². The van der Waals surface area contributed by atoms with Gasteiger partial charge in [0.1, 0.15) is 5.82 Å². The Morgan fingerprint density at radius 1 is 1.75 bits per heavy atom. The predicted octanol–water partition coefficient (Wildman–Crippen LogP) is 3.10. The van der Waals surface area contributed by atoms with Gasteiger partial charge in [0.05, 0.1) is 9.50 Å². The Bertz CT molecular complexity index is 288. The van der Waals surface area contributed by atoms with E-state index in [1.807, 2.05) is 0 Å². The van der Waals surface area contributed by atoms with Crippen molar-refractivity contribution in [1.82, 2.24) is 4.98 Å². The van der Waals surface area contributed by atoms with E-state index in [4.69, 9.17) is 11.6 Å². The van der Waals surface area contributed by atoms with E-state index < -0.39 is 0 Å². The molecular weight excluding hydrogens is 239 g/mol. The van der Waals surface area contributed by atoms with E-state index in [0.29, 0.717) is 11.6 Å². The van der Waals surface area contributed by atoms with Crippen molar-refractivity contribution in [3.05, 3.63) is 34.4 Å². The molecule has 1 aromatic rings. The third-order valence-electron chi connectivity index (χ3n) is 1.22. The zero-order chi connectivity index (χ0) is 8.97. The van der Waals surface area contributed by atoms with Crippen LogP contribution in [0.3, 0.4) is 0 Å². The van der Waals surface area contributed by atoms with Crippen LogP contribution in [0.2, 0.25) is 5.02 Å². The van der Waals surface area contributed by atoms with E-state index >= 15 is 0 Å². The van der Waals surface area contributed by atoms with Crippen LogP contribution in [-0.4, -0.2) is 11.5 Å². The second-order valence-electron chi connectivity index (χ2n) is 2.15. The van der Waals surface area contributed by atoms with E-state index in [2.05, 4.69) is 32.8 Å². The summed E-state index contributed by atoms with van der Waals surface area (Å²) >= 11 is 9.04. The highest BCUT2D eigenvalue weighted by atomic mass is 79.9. The van der Waals surface area contributed by atoms with Gasteiger partial charge in [-0.15, -0.1) is 6.58 Å². The molecule has 1 heterocycles. The summed E-state index contributed by atoms with van der Waals surface area (Å²) in [5.74, 6) is 0.777. The van der Waals surface area contributed by atoms with Gasteiger partial charge in [-0.3, -0.25) is 0 Å². The van der Waals surface area contributed by atoms with Gasteiger partial charge in [0.15, 0.2) is 0 Å². The fourth-order valence-corrected chi connectivity index (χ4v) is 1.49. The van der Waals surface area contributed by atoms with Crippen LogP contribution in [0, 0.1) is 0 Å². The maximum Gasteiger partial charge on any atom is 0.140 e. The van der Waals surface area contributed by atoms with Crippen molar-refractivity contribution in [3.63, 3.8) is 0 Å². The normalized spacial score (nSPS) is 9.50. The molecule has 2 nitrogen and oxygen atoms in total. The maximum atomic E-state index is 5.71. The van der Waals surface area contributed by atoms with E-state index in [1.165, 1.54) is 0 Å². The molecule has 0 aromatic carbocycles. The summed E-state index contributed by atoms with van der Waals surface area (Å²) in [4.78, 5) is 4.08. The molecular formula is C8H8BrClN2. The molecule has 12 heavy (non-hydrogen) atoms. The lowest BCUT2D eigenvalue weighted by Gasteiger charge is -2.04. The molecule has 64 valence electrons. The number of anilines is 1. The summed E-state index contributed by atoms with van der Waals surface area (Å²) in [6.07, 6.45) is 3.36. The number of halogens is 2. The van der Waals surface area contributed by atoms with Crippen LogP contribution < -0.4 is 5.32 Å². The molecule has 0 spiro atoms. The van der Waals surface area contributed by atoms with Crippen LogP contribution in [-0.2, 0) is 0 Å². The molecule has 0 aliphatic carbocycles. The SMILES string of the molecule is C=CCNc1ncc(Cl)cc1Br. The highest BCUT2D eigenvalue weighted by Gasteiger charge is 1.99. The third-order valence-corrected chi connectivity index (χ3v) is 2.03. The second-order valence-corrected chi connectivity index (χ2v) is 3.44. The monoisotopic (exact) mass is 246 g/mol. The lowest BCUT2D eigenvalue weighted by Crippen LogP contribution is -2.00. The summed E-state index contributed by atoms with van der Waals surface area (Å²) in [6, 6.07) is 1.79. The highest BCUT2D eigenvalue weighted by molar-refractivity contribution is 9.10. The molecule has 0 radical (unpaired) electrons. The summed E-state index contributed by atoms with van der Waals surface area (Å²) in [7, 11) is 0. The molecule has 0 saturated carbocycles. The van der Waals surface area contributed by atoms with Crippen LogP contribution in [0.5, 0.6) is 0 Å². The zero-order valence-corrected chi connectivity index (χ0v) is 8.69. The molecule has 0 aliphatic rings. The molecule has 0 saturated heterocycles. The number of aromatic nitrogens is 1. The number of hydrogen-bond donors (Lipinski definition) is 1. The van der Waals surface area contributed by atoms with Gasteiger partial charge in [0.2, 0.25) is 0 Å². The summed E-state index contributed by atoms with van der Waals surface area (Å²) in [5, 5.41) is 3.67. The number of hydrogen-bond acceptors (Lipinski definition) is 2. The van der Waals surface area contributed by atoms with Crippen molar-refractivity contribution in [2.45, 2.75) is 0 Å². The lowest BCUT2D eigenvalue weighted by molar-refractivity contribution is 1.22. The molecule has 0 bridgehead atoms. The van der Waals surface area contributed by atoms with Gasteiger partial charge in [0.25, 0.3) is 0 Å². The molecule has 4 heteroatoms. The van der Waals surface area contributed by atoms with Crippen molar-refractivity contribution in [2.75, 3.05) is 11.9 Å². The Morgan fingerprint density at radius 2 is 2.50 bits per heavy atom. The first kappa shape index (κ1) is 9.55. The van der Waals surface area contributed by atoms with Gasteiger partial charge in [0, 0.05) is 12.7 Å². The Labute approximate surface area is 84.8 Å². The minimum atomic E-state index is 0.617. The fraction of sp³-hybridized carbons (Fsp3) is 0.125. The summed E-state index contributed by atoms with van der Waals surface area (Å²) in [5.41, 5.74) is 0. The molecule has 0 unspecified atom stereocenters. The molecule has 0 fully saturated rings. The topological polar surface area (TPSA) is 24.9 Å². The Kier molecular flexibility index (Phi) is 3.56. The van der Waals surface area contributed by atoms with Crippen molar-refractivity contribution < 1.29 is 0 Å². The first-order chi connectivity index (χ1) is 5.74. The second kappa shape index (κ2) is 4.48. The van der Waals surface area contributed by atoms with E-state index in [1.54, 1.807) is 18.3 Å². The van der Waals surface area contributed by atoms with E-state index in [-0.39, 0.29) is 0 Å². The summed E-state index contributed by atoms with van der Waals surface area (Å²) < 4.78 is 0.858.